The van der Waals surface area contributed by atoms with E-state index >= 15 is 0 Å². The number of aryl methyl sites for hydroxylation is 2. The first-order chi connectivity index (χ1) is 13.3. The highest BCUT2D eigenvalue weighted by Crippen LogP contribution is 2.26. The van der Waals surface area contributed by atoms with Crippen molar-refractivity contribution in [3.05, 3.63) is 59.4 Å². The number of benzene rings is 2. The highest BCUT2D eigenvalue weighted by Gasteiger charge is 2.17. The van der Waals surface area contributed by atoms with Crippen LogP contribution < -0.4 is 9.64 Å². The minimum absolute atomic E-state index is 0. The van der Waals surface area contributed by atoms with Crippen molar-refractivity contribution in [1.82, 2.24) is 4.90 Å². The molecule has 28 heavy (non-hydrogen) atoms. The zero-order valence-corrected chi connectivity index (χ0v) is 17.2. The molecule has 1 fully saturated rings. The molecule has 5 heteroatoms. The summed E-state index contributed by atoms with van der Waals surface area (Å²) in [5, 5.41) is 0. The minimum atomic E-state index is -0.154. The van der Waals surface area contributed by atoms with Crippen LogP contribution in [0.5, 0.6) is 5.75 Å². The molecular weight excluding hydrogens is 375 g/mol. The zero-order valence-electron chi connectivity index (χ0n) is 16.4. The quantitative estimate of drug-likeness (QED) is 0.621. The van der Waals surface area contributed by atoms with Crippen molar-refractivity contribution in [3.63, 3.8) is 0 Å². The number of fused-ring (bicyclic) bond motifs is 1. The molecule has 1 aliphatic heterocycles. The number of unbranched alkanes of at least 4 members (excludes halogenated alkanes) is 1. The summed E-state index contributed by atoms with van der Waals surface area (Å²) >= 11 is 0. The van der Waals surface area contributed by atoms with Crippen molar-refractivity contribution in [2.75, 3.05) is 44.2 Å². The average Bonchev–Trinajstić information content (AvgIpc) is 3.16. The number of halogens is 2. The Hall–Kier alpha value is -1.78. The summed E-state index contributed by atoms with van der Waals surface area (Å²) in [5.74, 6) is 0.873. The Balaban J connectivity index is 0.00000225. The summed E-state index contributed by atoms with van der Waals surface area (Å²) in [5.41, 5.74) is 3.97. The van der Waals surface area contributed by atoms with E-state index in [9.17, 15) is 4.39 Å². The molecule has 152 valence electrons. The number of anilines is 1. The van der Waals surface area contributed by atoms with E-state index in [1.807, 2.05) is 6.07 Å². The second-order valence-corrected chi connectivity index (χ2v) is 7.65. The van der Waals surface area contributed by atoms with Crippen LogP contribution in [0.2, 0.25) is 0 Å². The second kappa shape index (κ2) is 10.1. The zero-order chi connectivity index (χ0) is 18.5. The van der Waals surface area contributed by atoms with Gasteiger partial charge in [-0.05, 0) is 80.1 Å². The molecule has 0 amide bonds. The molecule has 0 aromatic heterocycles. The van der Waals surface area contributed by atoms with Gasteiger partial charge in [-0.15, -0.1) is 12.4 Å². The summed E-state index contributed by atoms with van der Waals surface area (Å²) < 4.78 is 19.3. The van der Waals surface area contributed by atoms with Gasteiger partial charge in [-0.2, -0.15) is 0 Å². The molecule has 0 radical (unpaired) electrons. The Kier molecular flexibility index (Phi) is 7.57. The molecule has 4 rings (SSSR count). The first kappa shape index (κ1) is 20.9. The van der Waals surface area contributed by atoms with E-state index in [0.29, 0.717) is 0 Å². The molecule has 0 N–H and O–H groups in total. The van der Waals surface area contributed by atoms with E-state index in [1.54, 1.807) is 12.1 Å². The molecule has 1 saturated heterocycles. The lowest BCUT2D eigenvalue weighted by Crippen LogP contribution is -2.46. The van der Waals surface area contributed by atoms with Gasteiger partial charge in [0.2, 0.25) is 0 Å². The van der Waals surface area contributed by atoms with Crippen LogP contribution in [0, 0.1) is 5.82 Å². The van der Waals surface area contributed by atoms with Gasteiger partial charge in [-0.3, -0.25) is 4.90 Å². The van der Waals surface area contributed by atoms with Crippen molar-refractivity contribution < 1.29 is 9.13 Å². The Labute approximate surface area is 173 Å². The summed E-state index contributed by atoms with van der Waals surface area (Å²) in [7, 11) is 0. The van der Waals surface area contributed by atoms with Crippen LogP contribution in [-0.2, 0) is 12.8 Å². The molecule has 0 atom stereocenters. The third-order valence-corrected chi connectivity index (χ3v) is 5.75. The summed E-state index contributed by atoms with van der Waals surface area (Å²) in [6, 6.07) is 13.5. The summed E-state index contributed by atoms with van der Waals surface area (Å²) in [6.45, 7) is 5.93. The molecule has 1 aliphatic carbocycles. The van der Waals surface area contributed by atoms with E-state index in [1.165, 1.54) is 36.5 Å². The number of piperazine rings is 1. The first-order valence-corrected chi connectivity index (χ1v) is 10.3. The molecule has 2 aromatic carbocycles. The first-order valence-electron chi connectivity index (χ1n) is 10.3. The number of hydrogen-bond donors (Lipinski definition) is 0. The Morgan fingerprint density at radius 1 is 0.893 bits per heavy atom. The molecule has 2 aromatic rings. The van der Waals surface area contributed by atoms with E-state index < -0.39 is 0 Å². The SMILES string of the molecule is Cl.Fc1cccc(N2CCN(CCCCOc3ccc4c(c3)CCC4)CC2)c1. The third-order valence-electron chi connectivity index (χ3n) is 5.75. The van der Waals surface area contributed by atoms with Crippen LogP contribution >= 0.6 is 12.4 Å². The van der Waals surface area contributed by atoms with Crippen LogP contribution in [0.25, 0.3) is 0 Å². The van der Waals surface area contributed by atoms with Gasteiger partial charge in [-0.25, -0.2) is 4.39 Å². The maximum Gasteiger partial charge on any atom is 0.125 e. The van der Waals surface area contributed by atoms with Gasteiger partial charge in [0.05, 0.1) is 6.61 Å². The fourth-order valence-electron chi connectivity index (χ4n) is 4.17. The van der Waals surface area contributed by atoms with Gasteiger partial charge in [-0.1, -0.05) is 12.1 Å². The van der Waals surface area contributed by atoms with E-state index in [0.717, 1.165) is 63.6 Å². The van der Waals surface area contributed by atoms with Gasteiger partial charge in [0.1, 0.15) is 11.6 Å². The lowest BCUT2D eigenvalue weighted by molar-refractivity contribution is 0.238. The van der Waals surface area contributed by atoms with Crippen LogP contribution in [-0.4, -0.2) is 44.2 Å². The van der Waals surface area contributed by atoms with Gasteiger partial charge >= 0.3 is 0 Å². The van der Waals surface area contributed by atoms with E-state index in [-0.39, 0.29) is 18.2 Å². The molecule has 0 spiro atoms. The number of hydrogen-bond acceptors (Lipinski definition) is 3. The van der Waals surface area contributed by atoms with Crippen LogP contribution in [0.1, 0.15) is 30.4 Å². The number of rotatable bonds is 7. The Morgan fingerprint density at radius 2 is 1.71 bits per heavy atom. The predicted octanol–water partition coefficient (Wildman–Crippen LogP) is 4.72. The lowest BCUT2D eigenvalue weighted by atomic mass is 10.1. The van der Waals surface area contributed by atoms with Crippen molar-refractivity contribution in [3.8, 4) is 5.75 Å². The highest BCUT2D eigenvalue weighted by atomic mass is 35.5. The third kappa shape index (κ3) is 5.39. The second-order valence-electron chi connectivity index (χ2n) is 7.65. The van der Waals surface area contributed by atoms with Crippen LogP contribution in [0.3, 0.4) is 0 Å². The fraction of sp³-hybridized carbons (Fsp3) is 0.478. The molecular formula is C23H30ClFN2O. The molecule has 0 unspecified atom stereocenters. The summed E-state index contributed by atoms with van der Waals surface area (Å²) in [6.07, 6.45) is 5.95. The topological polar surface area (TPSA) is 15.7 Å². The minimum Gasteiger partial charge on any atom is -0.494 e. The van der Waals surface area contributed by atoms with E-state index in [4.69, 9.17) is 4.74 Å². The van der Waals surface area contributed by atoms with Crippen molar-refractivity contribution in [1.29, 1.82) is 0 Å². The fourth-order valence-corrected chi connectivity index (χ4v) is 4.17. The molecule has 0 saturated carbocycles. The van der Waals surface area contributed by atoms with Crippen LogP contribution in [0.4, 0.5) is 10.1 Å². The highest BCUT2D eigenvalue weighted by molar-refractivity contribution is 5.85. The van der Waals surface area contributed by atoms with Crippen molar-refractivity contribution >= 4 is 18.1 Å². The van der Waals surface area contributed by atoms with Gasteiger partial charge in [0.15, 0.2) is 0 Å². The molecule has 1 heterocycles. The molecule has 0 bridgehead atoms. The van der Waals surface area contributed by atoms with Gasteiger partial charge < -0.3 is 9.64 Å². The normalized spacial score (nSPS) is 16.5. The predicted molar refractivity (Wildman–Crippen MR) is 115 cm³/mol. The maximum absolute atomic E-state index is 13.4. The maximum atomic E-state index is 13.4. The van der Waals surface area contributed by atoms with Crippen molar-refractivity contribution in [2.24, 2.45) is 0 Å². The summed E-state index contributed by atoms with van der Waals surface area (Å²) in [4.78, 5) is 4.78. The standard InChI is InChI=1S/C23H29FN2O.ClH/c24-21-7-4-8-22(18-21)26-14-12-25(13-15-26)11-1-2-16-27-23-10-9-19-5-3-6-20(19)17-23;/h4,7-10,17-18H,1-3,5-6,11-16H2;1H. The monoisotopic (exact) mass is 404 g/mol. The van der Waals surface area contributed by atoms with Gasteiger partial charge in [0.25, 0.3) is 0 Å². The number of nitrogens with zero attached hydrogens (tertiary/aromatic N) is 2. The average molecular weight is 405 g/mol. The molecule has 2 aliphatic rings. The Morgan fingerprint density at radius 3 is 2.54 bits per heavy atom. The van der Waals surface area contributed by atoms with Gasteiger partial charge in [0, 0.05) is 31.9 Å². The molecule has 3 nitrogen and oxygen atoms in total. The Bertz CT molecular complexity index is 762. The number of ether oxygens (including phenoxy) is 1. The van der Waals surface area contributed by atoms with Crippen molar-refractivity contribution in [2.45, 2.75) is 32.1 Å². The smallest absolute Gasteiger partial charge is 0.125 e. The van der Waals surface area contributed by atoms with Crippen LogP contribution in [0.15, 0.2) is 42.5 Å². The lowest BCUT2D eigenvalue weighted by Gasteiger charge is -2.36. The van der Waals surface area contributed by atoms with E-state index in [2.05, 4.69) is 28.0 Å². The largest absolute Gasteiger partial charge is 0.494 e.